The van der Waals surface area contributed by atoms with Gasteiger partial charge in [0.05, 0.1) is 52.5 Å². The Labute approximate surface area is 579 Å². The van der Waals surface area contributed by atoms with Gasteiger partial charge in [0.1, 0.15) is 22.9 Å². The van der Waals surface area contributed by atoms with Crippen LogP contribution in [0.1, 0.15) is 57.7 Å². The molecule has 0 N–H and O–H groups in total. The summed E-state index contributed by atoms with van der Waals surface area (Å²) >= 11 is 4.18. The average Bonchev–Trinajstić information content (AvgIpc) is 1.38. The number of hydrogen-bond donors (Lipinski definition) is 0. The molecule has 0 spiro atoms. The molecule has 25 nitrogen and oxygen atoms in total. The molecule has 3 aliphatic rings. The molecule has 3 fully saturated rings. The third-order valence-electron chi connectivity index (χ3n) is 17.9. The Bertz CT molecular complexity index is 4900. The normalized spacial score (nSPS) is 14.1. The van der Waals surface area contributed by atoms with Crippen LogP contribution in [0.5, 0.6) is 0 Å². The molecule has 0 aliphatic carbocycles. The molecule has 29 heteroatoms. The number of aromatic nitrogens is 3. The standard InChI is InChI=1S/C26H23FN4O4S.C24H29N5O4S.C20H20N4O4S/c1-17-4-9-21-20(15-17)23(28-10-12-29(13-11-28)25(32)22-3-2-14-36-22)24(31(34)35)26(33)30(21)16-18-5-7-19(27)8-6-18;1-17-7-8-19-18(16-17)21(22(29(32)33)24(31)28(19)10-5-9-25(2)3)26-11-13-27(14-12-26)23(30)20-6-4-15-34-20;1-13-5-6-15-14(12-13)17(18(24(27)28)20(26)21(15)2)22-7-9-23(10-8-22)19(25)16-4-3-11-29-16/h2-9,14-15H,10-13,16H2,1H3;4,6-8,15-16H,5,9-14H2,1-3H3;3-6,11-12H,7-10H2,1-2H3. The van der Waals surface area contributed by atoms with Crippen LogP contribution in [0.15, 0.2) is 146 Å². The van der Waals surface area contributed by atoms with Crippen LogP contribution in [-0.2, 0) is 20.1 Å². The first-order chi connectivity index (χ1) is 47.5. The summed E-state index contributed by atoms with van der Waals surface area (Å²) in [6.45, 7) is 11.9. The Balaban J connectivity index is 0.000000151. The minimum atomic E-state index is -0.715. The van der Waals surface area contributed by atoms with E-state index < -0.39 is 48.6 Å². The zero-order valence-electron chi connectivity index (χ0n) is 55.3. The second kappa shape index (κ2) is 30.1. The Hall–Kier alpha value is -10.5. The van der Waals surface area contributed by atoms with Gasteiger partial charge in [-0.2, -0.15) is 0 Å². The number of piperazine rings is 3. The summed E-state index contributed by atoms with van der Waals surface area (Å²) in [6.07, 6.45) is 0.704. The maximum atomic E-state index is 13.5. The molecule has 3 saturated heterocycles. The fourth-order valence-electron chi connectivity index (χ4n) is 12.9. The van der Waals surface area contributed by atoms with Crippen molar-refractivity contribution in [1.82, 2.24) is 33.3 Å². The molecule has 10 aromatic rings. The molecule has 0 radical (unpaired) electrons. The van der Waals surface area contributed by atoms with Crippen molar-refractivity contribution in [3.8, 4) is 0 Å². The molecule has 3 aliphatic heterocycles. The van der Waals surface area contributed by atoms with Crippen LogP contribution in [0.3, 0.4) is 0 Å². The highest BCUT2D eigenvalue weighted by atomic mass is 32.1. The maximum Gasteiger partial charge on any atom is 0.357 e. The van der Waals surface area contributed by atoms with E-state index in [4.69, 9.17) is 0 Å². The van der Waals surface area contributed by atoms with Gasteiger partial charge in [0.2, 0.25) is 0 Å². The quantitative estimate of drug-likeness (QED) is 0.0682. The number of benzene rings is 4. The van der Waals surface area contributed by atoms with Crippen molar-refractivity contribution in [1.29, 1.82) is 0 Å². The van der Waals surface area contributed by atoms with Gasteiger partial charge in [-0.15, -0.1) is 34.0 Å². The fraction of sp³-hybridized carbons (Fsp3) is 0.314. The second-order valence-electron chi connectivity index (χ2n) is 24.7. The van der Waals surface area contributed by atoms with Crippen LogP contribution in [0.25, 0.3) is 32.7 Å². The van der Waals surface area contributed by atoms with E-state index in [-0.39, 0.29) is 35.6 Å². The molecule has 4 aromatic carbocycles. The van der Waals surface area contributed by atoms with E-state index in [0.717, 1.165) is 23.2 Å². The van der Waals surface area contributed by atoms with Crippen LogP contribution in [0.2, 0.25) is 0 Å². The lowest BCUT2D eigenvalue weighted by Gasteiger charge is -2.36. The van der Waals surface area contributed by atoms with Gasteiger partial charge in [0.15, 0.2) is 0 Å². The van der Waals surface area contributed by atoms with Gasteiger partial charge >= 0.3 is 33.7 Å². The van der Waals surface area contributed by atoms with Crippen LogP contribution >= 0.6 is 34.0 Å². The van der Waals surface area contributed by atoms with E-state index >= 15 is 0 Å². The summed E-state index contributed by atoms with van der Waals surface area (Å²) < 4.78 is 17.6. The molecule has 3 amide bonds. The number of anilines is 3. The van der Waals surface area contributed by atoms with Gasteiger partial charge in [0, 0.05) is 108 Å². The summed E-state index contributed by atoms with van der Waals surface area (Å²) in [4.78, 5) is 127. The zero-order chi connectivity index (χ0) is 70.5. The Morgan fingerprint density at radius 2 is 0.818 bits per heavy atom. The largest absolute Gasteiger partial charge is 0.362 e. The molecular formula is C70H72FN13O12S3. The monoisotopic (exact) mass is 1400 g/mol. The van der Waals surface area contributed by atoms with Crippen LogP contribution in [0, 0.1) is 56.9 Å². The third-order valence-corrected chi connectivity index (χ3v) is 20.4. The number of aryl methyl sites for hydroxylation is 5. The molecule has 6 aromatic heterocycles. The summed E-state index contributed by atoms with van der Waals surface area (Å²) in [5, 5.41) is 43.8. The van der Waals surface area contributed by atoms with Gasteiger partial charge in [0.25, 0.3) is 17.7 Å². The van der Waals surface area contributed by atoms with Crippen molar-refractivity contribution in [2.24, 2.45) is 7.05 Å². The maximum absolute atomic E-state index is 13.5. The summed E-state index contributed by atoms with van der Waals surface area (Å²) in [7, 11) is 5.46. The molecule has 99 heavy (non-hydrogen) atoms. The number of rotatable bonds is 15. The molecule has 0 saturated carbocycles. The lowest BCUT2D eigenvalue weighted by Crippen LogP contribution is -2.49. The summed E-state index contributed by atoms with van der Waals surface area (Å²) in [6, 6.07) is 33.4. The minimum absolute atomic E-state index is 0.0267. The lowest BCUT2D eigenvalue weighted by atomic mass is 10.1. The van der Waals surface area contributed by atoms with Crippen molar-refractivity contribution in [3.63, 3.8) is 0 Å². The van der Waals surface area contributed by atoms with E-state index in [1.807, 2.05) is 137 Å². The highest BCUT2D eigenvalue weighted by Crippen LogP contribution is 2.39. The van der Waals surface area contributed by atoms with Crippen molar-refractivity contribution in [2.75, 3.05) is 114 Å². The first kappa shape index (κ1) is 69.8. The van der Waals surface area contributed by atoms with Gasteiger partial charge in [-0.1, -0.05) is 65.2 Å². The number of pyridine rings is 3. The molecule has 0 unspecified atom stereocenters. The second-order valence-corrected chi connectivity index (χ2v) is 27.5. The van der Waals surface area contributed by atoms with E-state index in [2.05, 4.69) is 0 Å². The minimum Gasteiger partial charge on any atom is -0.362 e. The Morgan fingerprint density at radius 1 is 0.475 bits per heavy atom. The Kier molecular flexibility index (Phi) is 21.2. The predicted molar refractivity (Wildman–Crippen MR) is 386 cm³/mol. The van der Waals surface area contributed by atoms with Crippen LogP contribution in [-0.4, -0.2) is 165 Å². The molecule has 0 bridgehead atoms. The number of halogens is 1. The predicted octanol–water partition coefficient (Wildman–Crippen LogP) is 10.4. The Morgan fingerprint density at radius 3 is 1.17 bits per heavy atom. The number of nitro groups is 3. The smallest absolute Gasteiger partial charge is 0.357 e. The summed E-state index contributed by atoms with van der Waals surface area (Å²) in [5.74, 6) is -0.515. The molecule has 0 atom stereocenters. The van der Waals surface area contributed by atoms with Crippen molar-refractivity contribution < 1.29 is 33.5 Å². The van der Waals surface area contributed by atoms with Crippen LogP contribution < -0.4 is 31.4 Å². The number of carbonyl (C=O) groups is 3. The topological polar surface area (TPSA) is 269 Å². The third kappa shape index (κ3) is 14.9. The first-order valence-corrected chi connectivity index (χ1v) is 34.7. The van der Waals surface area contributed by atoms with E-state index in [1.165, 1.54) is 59.8 Å². The van der Waals surface area contributed by atoms with Gasteiger partial charge in [-0.25, -0.2) is 4.39 Å². The first-order valence-electron chi connectivity index (χ1n) is 32.0. The highest BCUT2D eigenvalue weighted by molar-refractivity contribution is 7.12. The number of amides is 3. The number of fused-ring (bicyclic) bond motifs is 3. The molecule has 13 rings (SSSR count). The number of thiophene rings is 3. The number of hydrogen-bond acceptors (Lipinski definition) is 19. The van der Waals surface area contributed by atoms with Gasteiger partial charge in [-0.3, -0.25) is 63.7 Å². The van der Waals surface area contributed by atoms with Crippen molar-refractivity contribution in [3.05, 3.63) is 236 Å². The average molecular weight is 1400 g/mol. The van der Waals surface area contributed by atoms with Crippen LogP contribution in [0.4, 0.5) is 38.5 Å². The lowest BCUT2D eigenvalue weighted by molar-refractivity contribution is -0.385. The molecular weight excluding hydrogens is 1330 g/mol. The number of nitrogens with zero attached hydrogens (tertiary/aromatic N) is 13. The van der Waals surface area contributed by atoms with Gasteiger partial charge in [-0.05, 0) is 136 Å². The zero-order valence-corrected chi connectivity index (χ0v) is 57.8. The van der Waals surface area contributed by atoms with Crippen molar-refractivity contribution >= 4 is 119 Å². The van der Waals surface area contributed by atoms with E-state index in [9.17, 15) is 63.5 Å². The van der Waals surface area contributed by atoms with Gasteiger partial charge < -0.3 is 43.4 Å². The van der Waals surface area contributed by atoms with E-state index in [1.54, 1.807) is 58.1 Å². The van der Waals surface area contributed by atoms with Crippen molar-refractivity contribution in [2.45, 2.75) is 40.3 Å². The molecule has 9 heterocycles. The summed E-state index contributed by atoms with van der Waals surface area (Å²) in [5.41, 5.74) is 3.17. The number of carbonyl (C=O) groups excluding carboxylic acids is 3. The SMILES string of the molecule is Cc1ccc2c(c1)c(N1CCN(C(=O)c3cccs3)CC1)c([N+](=O)[O-])c(=O)n2C.Cc1ccc2c(c1)c(N1CCN(C(=O)c3cccs3)CC1)c([N+](=O)[O-])c(=O)n2CCCN(C)C.Cc1ccc2c(c1)c(N1CCN(C(=O)c3cccs3)CC1)c([N+](=O)[O-])c(=O)n2Cc1ccc(F)cc1. The van der Waals surface area contributed by atoms with E-state index in [0.29, 0.717) is 156 Å². The highest BCUT2D eigenvalue weighted by Gasteiger charge is 2.36. The molecule has 514 valence electrons. The fourth-order valence-corrected chi connectivity index (χ4v) is 15.0.